The Morgan fingerprint density at radius 3 is 2.64 bits per heavy atom. The predicted octanol–water partition coefficient (Wildman–Crippen LogP) is 3.91. The Labute approximate surface area is 274 Å². The van der Waals surface area contributed by atoms with Crippen LogP contribution in [-0.4, -0.2) is 91.2 Å². The molecule has 4 heterocycles. The van der Waals surface area contributed by atoms with E-state index < -0.39 is 23.5 Å². The van der Waals surface area contributed by atoms with Crippen LogP contribution in [0.15, 0.2) is 41.6 Å². The summed E-state index contributed by atoms with van der Waals surface area (Å²) < 4.78 is 9.59. The third-order valence-electron chi connectivity index (χ3n) is 8.19. The maximum atomic E-state index is 13.7. The van der Waals surface area contributed by atoms with E-state index in [1.165, 1.54) is 28.7 Å². The van der Waals surface area contributed by atoms with E-state index in [4.69, 9.17) is 9.72 Å². The second-order valence-electron chi connectivity index (χ2n) is 12.6. The molecule has 1 aliphatic heterocycles. The molecule has 2 N–H and O–H groups in total. The molecule has 1 aliphatic rings. The van der Waals surface area contributed by atoms with Crippen molar-refractivity contribution in [3.8, 4) is 0 Å². The van der Waals surface area contributed by atoms with E-state index in [9.17, 15) is 24.3 Å². The minimum atomic E-state index is -1.18. The lowest BCUT2D eigenvalue weighted by atomic mass is 10.0. The normalized spacial score (nSPS) is 15.7. The van der Waals surface area contributed by atoms with Gasteiger partial charge in [-0.15, -0.1) is 0 Å². The molecule has 1 unspecified atom stereocenters. The summed E-state index contributed by atoms with van der Waals surface area (Å²) in [6, 6.07) is 3.19. The molecule has 14 heteroatoms. The summed E-state index contributed by atoms with van der Waals surface area (Å²) in [5.74, 6) is -0.357. The molecule has 4 rings (SSSR count). The predicted molar refractivity (Wildman–Crippen MR) is 177 cm³/mol. The topological polar surface area (TPSA) is 165 Å². The van der Waals surface area contributed by atoms with Gasteiger partial charge in [-0.2, -0.15) is 0 Å². The number of allylic oxidation sites excluding steroid dienone is 1. The summed E-state index contributed by atoms with van der Waals surface area (Å²) in [6.45, 7) is 4.97. The molecule has 0 bridgehead atoms. The van der Waals surface area contributed by atoms with Gasteiger partial charge in [0.1, 0.15) is 29.6 Å². The molecule has 0 aliphatic carbocycles. The van der Waals surface area contributed by atoms with Crippen molar-refractivity contribution in [2.24, 2.45) is 11.8 Å². The number of nitrogens with zero attached hydrogens (tertiary/aromatic N) is 7. The van der Waals surface area contributed by atoms with Crippen molar-refractivity contribution >= 4 is 34.8 Å². The second kappa shape index (κ2) is 16.3. The standard InChI is InChI=1S/C33H46N8O6/c1-22(2)15-16-24-29-30(35-21-34-24)41(28-14-8-9-18-47-28)26(37-29)20-40-17-10-12-25(32(40)44)36-31(43)23(19-39(5)33(45)46)11-6-7-13-27(42)38(3)4/h7,10,12-13,17,21-23,28H,6,8-9,11,14-16,18-20H2,1-5H3,(H,36,43)(H,45,46)/b13-7+/t23-,28?/m0/s1. The first kappa shape index (κ1) is 35.3. The van der Waals surface area contributed by atoms with Crippen LogP contribution in [-0.2, 0) is 27.3 Å². The van der Waals surface area contributed by atoms with Gasteiger partial charge in [0.25, 0.3) is 5.56 Å². The van der Waals surface area contributed by atoms with Crippen molar-refractivity contribution in [1.29, 1.82) is 0 Å². The van der Waals surface area contributed by atoms with E-state index in [0.29, 0.717) is 35.9 Å². The van der Waals surface area contributed by atoms with E-state index >= 15 is 0 Å². The number of anilines is 1. The molecule has 0 spiro atoms. The molecular weight excluding hydrogens is 604 g/mol. The number of likely N-dealkylation sites (N-methyl/N-ethyl adjacent to an activating group) is 1. The zero-order valence-electron chi connectivity index (χ0n) is 27.9. The van der Waals surface area contributed by atoms with Gasteiger partial charge in [-0.25, -0.2) is 19.7 Å². The highest BCUT2D eigenvalue weighted by Crippen LogP contribution is 2.29. The second-order valence-corrected chi connectivity index (χ2v) is 12.6. The first-order valence-corrected chi connectivity index (χ1v) is 16.1. The van der Waals surface area contributed by atoms with Gasteiger partial charge in [0.05, 0.1) is 18.2 Å². The fourth-order valence-corrected chi connectivity index (χ4v) is 5.44. The highest BCUT2D eigenvalue weighted by Gasteiger charge is 2.26. The molecule has 1 fully saturated rings. The minimum Gasteiger partial charge on any atom is -0.465 e. The van der Waals surface area contributed by atoms with Crippen molar-refractivity contribution in [3.63, 3.8) is 0 Å². The largest absolute Gasteiger partial charge is 0.465 e. The summed E-state index contributed by atoms with van der Waals surface area (Å²) >= 11 is 0. The first-order valence-electron chi connectivity index (χ1n) is 16.1. The summed E-state index contributed by atoms with van der Waals surface area (Å²) in [5.41, 5.74) is 1.85. The van der Waals surface area contributed by atoms with Gasteiger partial charge in [0.15, 0.2) is 5.65 Å². The van der Waals surface area contributed by atoms with Gasteiger partial charge in [-0.1, -0.05) is 19.9 Å². The van der Waals surface area contributed by atoms with Crippen molar-refractivity contribution < 1.29 is 24.2 Å². The lowest BCUT2D eigenvalue weighted by Crippen LogP contribution is -2.37. The average molecular weight is 651 g/mol. The van der Waals surface area contributed by atoms with Gasteiger partial charge in [0.2, 0.25) is 11.8 Å². The third-order valence-corrected chi connectivity index (χ3v) is 8.19. The zero-order valence-corrected chi connectivity index (χ0v) is 27.9. The lowest BCUT2D eigenvalue weighted by Gasteiger charge is -2.25. The number of imidazole rings is 1. The van der Waals surface area contributed by atoms with Crippen LogP contribution in [0, 0.1) is 11.8 Å². The first-order chi connectivity index (χ1) is 22.5. The number of carbonyl (C=O) groups is 3. The van der Waals surface area contributed by atoms with E-state index in [0.717, 1.165) is 42.7 Å². The number of ether oxygens (including phenoxy) is 1. The highest BCUT2D eigenvalue weighted by molar-refractivity contribution is 5.92. The molecule has 3 amide bonds. The molecule has 0 saturated carbocycles. The van der Waals surface area contributed by atoms with Gasteiger partial charge in [-0.05, 0) is 69.1 Å². The SMILES string of the molecule is CC(C)CCc1ncnc2c1nc(Cn1cccc(NC(=O)[C@@H](CC/C=C/C(=O)N(C)C)CN(C)C(=O)O)c1=O)n2C1CCCCO1. The van der Waals surface area contributed by atoms with Crippen LogP contribution < -0.4 is 10.9 Å². The van der Waals surface area contributed by atoms with Crippen molar-refractivity contribution in [2.45, 2.75) is 71.6 Å². The number of carbonyl (C=O) groups excluding carboxylic acids is 2. The molecule has 0 radical (unpaired) electrons. The number of pyridine rings is 1. The van der Waals surface area contributed by atoms with Gasteiger partial charge in [-0.3, -0.25) is 19.0 Å². The molecule has 14 nitrogen and oxygen atoms in total. The molecule has 0 aromatic carbocycles. The van der Waals surface area contributed by atoms with E-state index in [-0.39, 0.29) is 37.3 Å². The van der Waals surface area contributed by atoms with Gasteiger partial charge >= 0.3 is 6.09 Å². The van der Waals surface area contributed by atoms with Crippen LogP contribution in [0.4, 0.5) is 10.5 Å². The van der Waals surface area contributed by atoms with Crippen LogP contribution in [0.25, 0.3) is 11.2 Å². The van der Waals surface area contributed by atoms with Gasteiger partial charge < -0.3 is 29.5 Å². The van der Waals surface area contributed by atoms with Gasteiger partial charge in [0, 0.05) is 40.5 Å². The molecule has 3 aromatic heterocycles. The van der Waals surface area contributed by atoms with Crippen LogP contribution in [0.3, 0.4) is 0 Å². The summed E-state index contributed by atoms with van der Waals surface area (Å²) in [4.78, 5) is 67.1. The fraction of sp³-hybridized carbons (Fsp3) is 0.545. The average Bonchev–Trinajstić information content (AvgIpc) is 3.41. The Balaban J connectivity index is 1.60. The Morgan fingerprint density at radius 2 is 1.96 bits per heavy atom. The Hall–Kier alpha value is -4.59. The van der Waals surface area contributed by atoms with E-state index in [2.05, 4.69) is 29.1 Å². The molecule has 3 aromatic rings. The number of hydrogen-bond donors (Lipinski definition) is 2. The lowest BCUT2D eigenvalue weighted by molar-refractivity contribution is -0.123. The Morgan fingerprint density at radius 1 is 1.17 bits per heavy atom. The number of hydrogen-bond acceptors (Lipinski definition) is 8. The monoisotopic (exact) mass is 650 g/mol. The molecular formula is C33H46N8O6. The number of aryl methyl sites for hydroxylation is 1. The van der Waals surface area contributed by atoms with Crippen LogP contribution >= 0.6 is 0 Å². The molecule has 47 heavy (non-hydrogen) atoms. The number of carboxylic acid groups (broad SMARTS) is 1. The molecule has 254 valence electrons. The summed E-state index contributed by atoms with van der Waals surface area (Å²) in [7, 11) is 4.65. The number of nitrogens with one attached hydrogen (secondary N) is 1. The number of fused-ring (bicyclic) bond motifs is 1. The number of aromatic nitrogens is 5. The highest BCUT2D eigenvalue weighted by atomic mass is 16.5. The third kappa shape index (κ3) is 9.24. The van der Waals surface area contributed by atoms with E-state index in [1.54, 1.807) is 38.8 Å². The Kier molecular flexibility index (Phi) is 12.2. The maximum absolute atomic E-state index is 13.7. The van der Waals surface area contributed by atoms with Crippen molar-refractivity contribution in [1.82, 2.24) is 33.9 Å². The quantitative estimate of drug-likeness (QED) is 0.246. The Bertz CT molecular complexity index is 1640. The van der Waals surface area contributed by atoms with Crippen LogP contribution in [0.5, 0.6) is 0 Å². The zero-order chi connectivity index (χ0) is 34.1. The van der Waals surface area contributed by atoms with Crippen LogP contribution in [0.2, 0.25) is 0 Å². The van der Waals surface area contributed by atoms with Crippen molar-refractivity contribution in [3.05, 3.63) is 58.7 Å². The number of amides is 3. The van der Waals surface area contributed by atoms with Crippen molar-refractivity contribution in [2.75, 3.05) is 39.6 Å². The summed E-state index contributed by atoms with van der Waals surface area (Å²) in [5, 5.41) is 12.1. The maximum Gasteiger partial charge on any atom is 0.407 e. The molecule has 2 atom stereocenters. The minimum absolute atomic E-state index is 0.0628. The smallest absolute Gasteiger partial charge is 0.407 e. The van der Waals surface area contributed by atoms with Crippen LogP contribution in [0.1, 0.15) is 70.1 Å². The molecule has 1 saturated heterocycles. The van der Waals surface area contributed by atoms with E-state index in [1.807, 2.05) is 4.57 Å². The fourth-order valence-electron chi connectivity index (χ4n) is 5.44. The summed E-state index contributed by atoms with van der Waals surface area (Å²) in [6.07, 6.45) is 9.90. The number of rotatable bonds is 14.